The van der Waals surface area contributed by atoms with E-state index >= 15 is 0 Å². The molecule has 1 fully saturated rings. The van der Waals surface area contributed by atoms with E-state index in [0.717, 1.165) is 6.33 Å². The molecule has 0 saturated carbocycles. The standard InChI is InChI=1S/C11H15BCl2N5O11P3.4Na/c12-33(27,30-32(25,26)11(13,14)31(22,23)24)28-1-4-6(20)7(21)10(29-4)19-3-18-5-8(15)16-2-17-9(5)19;;;;/h2-4,6-7,10,20-21H,1H2,(H,25,26)(H2,15,16,17)(H2,22,23,24);;;;/q;4*+1/t4?,6-,7-,10?,33?;;;;/m1..../s1. The summed E-state index contributed by atoms with van der Waals surface area (Å²) in [6.07, 6.45) is -3.58. The Morgan fingerprint density at radius 2 is 1.65 bits per heavy atom. The van der Waals surface area contributed by atoms with Crippen LogP contribution < -0.4 is 124 Å². The molecule has 6 atom stereocenters. The molecule has 4 unspecified atom stereocenters. The predicted molar refractivity (Wildman–Crippen MR) is 112 cm³/mol. The zero-order valence-corrected chi connectivity index (χ0v) is 32.1. The third kappa shape index (κ3) is 9.42. The number of aliphatic hydroxyl groups excluding tert-OH is 2. The van der Waals surface area contributed by atoms with Crippen molar-refractivity contribution in [3.8, 4) is 0 Å². The van der Waals surface area contributed by atoms with Crippen molar-refractivity contribution in [3.63, 3.8) is 0 Å². The summed E-state index contributed by atoms with van der Waals surface area (Å²) in [4.78, 5) is 39.4. The smallest absolute Gasteiger partial charge is 0.387 e. The van der Waals surface area contributed by atoms with Crippen LogP contribution in [0.2, 0.25) is 0 Å². The molecule has 0 aromatic carbocycles. The second kappa shape index (κ2) is 15.9. The van der Waals surface area contributed by atoms with Gasteiger partial charge in [-0.15, -0.1) is 0 Å². The van der Waals surface area contributed by atoms with Gasteiger partial charge in [0.15, 0.2) is 17.7 Å². The van der Waals surface area contributed by atoms with Crippen molar-refractivity contribution in [2.75, 3.05) is 12.3 Å². The van der Waals surface area contributed by atoms with Crippen LogP contribution in [0.4, 0.5) is 5.82 Å². The van der Waals surface area contributed by atoms with Crippen LogP contribution in [0.1, 0.15) is 6.23 Å². The van der Waals surface area contributed by atoms with Crippen LogP contribution in [0.3, 0.4) is 0 Å². The van der Waals surface area contributed by atoms with E-state index in [1.54, 1.807) is 0 Å². The number of hydrogen-bond acceptors (Lipinski definition) is 12. The van der Waals surface area contributed by atoms with Gasteiger partial charge in [-0.1, -0.05) is 23.2 Å². The minimum absolute atomic E-state index is 0. The molecule has 37 heavy (non-hydrogen) atoms. The van der Waals surface area contributed by atoms with Crippen molar-refractivity contribution in [2.24, 2.45) is 0 Å². The van der Waals surface area contributed by atoms with Gasteiger partial charge in [-0.05, 0) is 0 Å². The molecule has 26 heteroatoms. The van der Waals surface area contributed by atoms with Crippen LogP contribution in [0.5, 0.6) is 0 Å². The zero-order chi connectivity index (χ0) is 25.0. The Balaban J connectivity index is 0. The van der Waals surface area contributed by atoms with Gasteiger partial charge in [0.05, 0.1) is 12.9 Å². The Kier molecular flexibility index (Phi) is 18.3. The maximum absolute atomic E-state index is 12.3. The van der Waals surface area contributed by atoms with Crippen LogP contribution in [0, 0.1) is 0 Å². The SMILES string of the molecule is [B]P(=O)(OCC1OC(n2cnc3c(N)ncnc32)[C@H](O)[C@@H]1O)OP(=O)(O)C(Cl)(Cl)P(=O)(O)O.[Na+].[Na+].[Na+].[Na+]. The molecule has 1 saturated heterocycles. The predicted octanol–water partition coefficient (Wildman–Crippen LogP) is -12.2. The Morgan fingerprint density at radius 1 is 1.08 bits per heavy atom. The van der Waals surface area contributed by atoms with Crippen molar-refractivity contribution in [1.82, 2.24) is 19.5 Å². The molecule has 2 radical (unpaired) electrons. The second-order valence-corrected chi connectivity index (χ2v) is 14.8. The molecule has 182 valence electrons. The number of ether oxygens (including phenoxy) is 1. The van der Waals surface area contributed by atoms with Crippen molar-refractivity contribution in [1.29, 1.82) is 0 Å². The van der Waals surface area contributed by atoms with E-state index in [0.29, 0.717) is 0 Å². The molecular formula is C11H15BCl2N5Na4O11P3+4. The Hall–Kier alpha value is 3.36. The number of halogens is 2. The van der Waals surface area contributed by atoms with Crippen molar-refractivity contribution in [3.05, 3.63) is 12.7 Å². The van der Waals surface area contributed by atoms with Crippen molar-refractivity contribution in [2.45, 2.75) is 28.4 Å². The molecule has 7 N–H and O–H groups in total. The summed E-state index contributed by atoms with van der Waals surface area (Å²) < 4.78 is 47.4. The zero-order valence-electron chi connectivity index (χ0n) is 19.9. The Bertz CT molecular complexity index is 1210. The average molecular weight is 660 g/mol. The topological polar surface area (TPSA) is 250 Å². The molecule has 16 nitrogen and oxygen atoms in total. The third-order valence-corrected chi connectivity index (χ3v) is 12.2. The van der Waals surface area contributed by atoms with E-state index in [2.05, 4.69) is 19.3 Å². The van der Waals surface area contributed by atoms with Gasteiger partial charge in [0.2, 0.25) is 7.57 Å². The number of anilines is 1. The van der Waals surface area contributed by atoms with E-state index in [1.807, 2.05) is 0 Å². The fraction of sp³-hybridized carbons (Fsp3) is 0.545. The first-order valence-electron chi connectivity index (χ1n) is 8.44. The quantitative estimate of drug-likeness (QED) is 0.0874. The minimum Gasteiger partial charge on any atom is -0.387 e. The molecule has 0 spiro atoms. The molecule has 0 aliphatic carbocycles. The number of aromatic nitrogens is 4. The first kappa shape index (κ1) is 42.5. The van der Waals surface area contributed by atoms with E-state index in [-0.39, 0.29) is 135 Å². The van der Waals surface area contributed by atoms with Gasteiger partial charge in [-0.2, -0.15) is 0 Å². The maximum Gasteiger partial charge on any atom is 1.00 e. The molecule has 1 aliphatic rings. The summed E-state index contributed by atoms with van der Waals surface area (Å²) in [6, 6.07) is 0. The third-order valence-electron chi connectivity index (χ3n) is 4.33. The summed E-state index contributed by atoms with van der Waals surface area (Å²) in [6.45, 7) is -0.875. The van der Waals surface area contributed by atoms with Gasteiger partial charge in [0.1, 0.15) is 30.2 Å². The van der Waals surface area contributed by atoms with Crippen LogP contribution in [-0.4, -0.2) is 80.7 Å². The van der Waals surface area contributed by atoms with Crippen molar-refractivity contribution >= 4 is 70.4 Å². The van der Waals surface area contributed by atoms with E-state index in [9.17, 15) is 28.8 Å². The number of nitrogen functional groups attached to an aromatic ring is 1. The first-order valence-corrected chi connectivity index (χ1v) is 14.0. The van der Waals surface area contributed by atoms with E-state index in [4.69, 9.17) is 55.5 Å². The summed E-state index contributed by atoms with van der Waals surface area (Å²) in [5, 5.41) is 20.6. The van der Waals surface area contributed by atoms with Gasteiger partial charge in [0, 0.05) is 0 Å². The van der Waals surface area contributed by atoms with Crippen LogP contribution in [-0.2, 0) is 27.3 Å². The molecule has 3 heterocycles. The van der Waals surface area contributed by atoms with Crippen LogP contribution >= 0.6 is 45.9 Å². The second-order valence-electron chi connectivity index (χ2n) is 6.62. The number of aliphatic hydroxyl groups is 2. The fourth-order valence-corrected chi connectivity index (χ4v) is 7.09. The number of nitrogens with zero attached hydrogens (tertiary/aromatic N) is 4. The molecule has 3 rings (SSSR count). The van der Waals surface area contributed by atoms with Gasteiger partial charge in [-0.3, -0.25) is 18.3 Å². The largest absolute Gasteiger partial charge is 1.00 e. The monoisotopic (exact) mass is 659 g/mol. The number of nitrogens with two attached hydrogens (primary N) is 1. The number of rotatable bonds is 8. The van der Waals surface area contributed by atoms with E-state index in [1.165, 1.54) is 10.9 Å². The van der Waals surface area contributed by atoms with Crippen molar-refractivity contribution < 1.29 is 170 Å². The molecule has 0 bridgehead atoms. The normalized spacial score (nSPS) is 24.9. The van der Waals surface area contributed by atoms with Crippen LogP contribution in [0.15, 0.2) is 12.7 Å². The Labute approximate surface area is 309 Å². The summed E-state index contributed by atoms with van der Waals surface area (Å²) >= 11 is 10.4. The summed E-state index contributed by atoms with van der Waals surface area (Å²) in [7, 11) is -11.3. The van der Waals surface area contributed by atoms with Gasteiger partial charge in [-0.25, -0.2) is 19.3 Å². The number of hydrogen-bond donors (Lipinski definition) is 6. The van der Waals surface area contributed by atoms with E-state index < -0.39 is 57.6 Å². The molecule has 1 aliphatic heterocycles. The summed E-state index contributed by atoms with van der Waals surface area (Å²) in [5.74, 6) is 0.0475. The number of fused-ring (bicyclic) bond motifs is 1. The van der Waals surface area contributed by atoms with Gasteiger partial charge >= 0.3 is 137 Å². The molecule has 0 amide bonds. The van der Waals surface area contributed by atoms with Gasteiger partial charge < -0.3 is 39.9 Å². The number of alkyl halides is 2. The average Bonchev–Trinajstić information content (AvgIpc) is 3.21. The summed E-state index contributed by atoms with van der Waals surface area (Å²) in [5.41, 5.74) is 6.04. The molecule has 2 aromatic rings. The first-order chi connectivity index (χ1) is 15.0. The maximum atomic E-state index is 12.3. The Morgan fingerprint density at radius 3 is 2.19 bits per heavy atom. The molecular weight excluding hydrogens is 645 g/mol. The van der Waals surface area contributed by atoms with Crippen LogP contribution in [0.25, 0.3) is 11.2 Å². The molecule has 2 aromatic heterocycles. The van der Waals surface area contributed by atoms with Gasteiger partial charge in [0.25, 0.3) is 7.47 Å². The fourth-order valence-electron chi connectivity index (χ4n) is 2.72. The number of imidazole rings is 1. The minimum atomic E-state index is -5.75.